The van der Waals surface area contributed by atoms with Gasteiger partial charge in [-0.05, 0) is 48.2 Å². The first-order chi connectivity index (χ1) is 17.2. The summed E-state index contributed by atoms with van der Waals surface area (Å²) in [5, 5.41) is 23.3. The molecule has 1 atom stereocenters. The van der Waals surface area contributed by atoms with Crippen LogP contribution in [-0.2, 0) is 6.54 Å². The fraction of sp³-hybridized carbons (Fsp3) is 0.600. The summed E-state index contributed by atoms with van der Waals surface area (Å²) in [5.74, 6) is 2.18. The van der Waals surface area contributed by atoms with Gasteiger partial charge in [-0.15, -0.1) is 5.10 Å². The van der Waals surface area contributed by atoms with Crippen molar-refractivity contribution in [2.24, 2.45) is 0 Å². The van der Waals surface area contributed by atoms with Gasteiger partial charge in [0.05, 0.1) is 17.6 Å². The topological polar surface area (TPSA) is 118 Å². The number of fused-ring (bicyclic) bond motifs is 2. The van der Waals surface area contributed by atoms with Gasteiger partial charge < -0.3 is 19.6 Å². The lowest BCUT2D eigenvalue weighted by atomic mass is 9.95. The molecule has 0 spiro atoms. The van der Waals surface area contributed by atoms with Gasteiger partial charge in [0.25, 0.3) is 5.56 Å². The molecule has 0 unspecified atom stereocenters. The first-order valence-electron chi connectivity index (χ1n) is 12.8. The Morgan fingerprint density at radius 1 is 1.17 bits per heavy atom. The zero-order valence-corrected chi connectivity index (χ0v) is 20.3. The van der Waals surface area contributed by atoms with Crippen LogP contribution in [0.15, 0.2) is 23.0 Å². The molecule has 2 N–H and O–H groups in total. The van der Waals surface area contributed by atoms with Crippen LogP contribution in [0.1, 0.15) is 75.3 Å². The molecule has 1 aliphatic carbocycles. The maximum absolute atomic E-state index is 13.1. The minimum atomic E-state index is -0.134. The Kier molecular flexibility index (Phi) is 7.29. The van der Waals surface area contributed by atoms with Crippen molar-refractivity contribution in [1.29, 1.82) is 0 Å². The molecule has 0 radical (unpaired) electrons. The zero-order chi connectivity index (χ0) is 24.2. The first kappa shape index (κ1) is 23.7. The molecule has 188 valence electrons. The van der Waals surface area contributed by atoms with E-state index in [1.54, 1.807) is 0 Å². The molecule has 3 heterocycles. The normalized spacial score (nSPS) is 17.2. The molecule has 3 aromatic rings. The van der Waals surface area contributed by atoms with Crippen molar-refractivity contribution in [2.75, 3.05) is 26.4 Å². The van der Waals surface area contributed by atoms with Crippen molar-refractivity contribution in [3.8, 4) is 11.5 Å². The second-order valence-corrected chi connectivity index (χ2v) is 9.45. The van der Waals surface area contributed by atoms with Gasteiger partial charge in [-0.2, -0.15) is 0 Å². The third-order valence-electron chi connectivity index (χ3n) is 7.13. The summed E-state index contributed by atoms with van der Waals surface area (Å²) in [5.41, 5.74) is 1.24. The van der Waals surface area contributed by atoms with Gasteiger partial charge in [-0.1, -0.05) is 26.2 Å². The molecule has 1 saturated carbocycles. The van der Waals surface area contributed by atoms with Crippen LogP contribution >= 0.6 is 0 Å². The highest BCUT2D eigenvalue weighted by atomic mass is 16.6. The number of ether oxygens (including phenoxy) is 2. The number of aromatic nitrogens is 5. The molecule has 10 heteroatoms. The third kappa shape index (κ3) is 5.04. The van der Waals surface area contributed by atoms with E-state index in [0.29, 0.717) is 55.8 Å². The van der Waals surface area contributed by atoms with Crippen LogP contribution in [0.2, 0.25) is 0 Å². The third-order valence-corrected chi connectivity index (χ3v) is 7.13. The maximum atomic E-state index is 13.1. The Hall–Kier alpha value is -2.98. The monoisotopic (exact) mass is 482 g/mol. The van der Waals surface area contributed by atoms with Crippen LogP contribution in [0.5, 0.6) is 11.5 Å². The van der Waals surface area contributed by atoms with E-state index in [2.05, 4.69) is 32.3 Å². The van der Waals surface area contributed by atoms with E-state index in [1.807, 2.05) is 22.9 Å². The SMILES string of the molecule is CC[C@@H](c1nnnn1C1CCCCC1)N(CCCO)Cc1cc2cc3c(cc2[nH]c1=O)OCCO3. The Labute approximate surface area is 204 Å². The molecule has 2 aliphatic rings. The predicted octanol–water partition coefficient (Wildman–Crippen LogP) is 3.13. The quantitative estimate of drug-likeness (QED) is 0.478. The number of aliphatic hydroxyl groups is 1. The highest BCUT2D eigenvalue weighted by Crippen LogP contribution is 2.35. The maximum Gasteiger partial charge on any atom is 0.252 e. The summed E-state index contributed by atoms with van der Waals surface area (Å²) in [7, 11) is 0. The lowest BCUT2D eigenvalue weighted by molar-refractivity contribution is 0.147. The molecule has 35 heavy (non-hydrogen) atoms. The predicted molar refractivity (Wildman–Crippen MR) is 131 cm³/mol. The number of aromatic amines is 1. The van der Waals surface area contributed by atoms with Gasteiger partial charge >= 0.3 is 0 Å². The number of H-pyrrole nitrogens is 1. The lowest BCUT2D eigenvalue weighted by Crippen LogP contribution is -2.34. The van der Waals surface area contributed by atoms with Gasteiger partial charge in [-0.3, -0.25) is 9.69 Å². The van der Waals surface area contributed by atoms with Gasteiger partial charge in [0, 0.05) is 36.7 Å². The average molecular weight is 483 g/mol. The molecule has 0 bridgehead atoms. The molecule has 5 rings (SSSR count). The van der Waals surface area contributed by atoms with Crippen LogP contribution in [0, 0.1) is 0 Å². The summed E-state index contributed by atoms with van der Waals surface area (Å²) in [6.07, 6.45) is 7.23. The first-order valence-corrected chi connectivity index (χ1v) is 12.8. The molecular weight excluding hydrogens is 448 g/mol. The van der Waals surface area contributed by atoms with Crippen LogP contribution in [0.4, 0.5) is 0 Å². The Morgan fingerprint density at radius 2 is 1.94 bits per heavy atom. The minimum absolute atomic E-state index is 0.0613. The average Bonchev–Trinajstić information content (AvgIpc) is 3.37. The van der Waals surface area contributed by atoms with E-state index >= 15 is 0 Å². The fourth-order valence-electron chi connectivity index (χ4n) is 5.35. The number of nitrogens with zero attached hydrogens (tertiary/aromatic N) is 5. The summed E-state index contributed by atoms with van der Waals surface area (Å²) in [4.78, 5) is 18.3. The second kappa shape index (κ2) is 10.7. The van der Waals surface area contributed by atoms with Crippen molar-refractivity contribution < 1.29 is 14.6 Å². The second-order valence-electron chi connectivity index (χ2n) is 9.45. The number of hydrogen-bond acceptors (Lipinski definition) is 8. The molecule has 1 aliphatic heterocycles. The van der Waals surface area contributed by atoms with E-state index < -0.39 is 0 Å². The number of aliphatic hydroxyl groups excluding tert-OH is 1. The smallest absolute Gasteiger partial charge is 0.252 e. The van der Waals surface area contributed by atoms with Crippen LogP contribution in [0.25, 0.3) is 10.9 Å². The van der Waals surface area contributed by atoms with E-state index in [4.69, 9.17) is 9.47 Å². The highest BCUT2D eigenvalue weighted by molar-refractivity contribution is 5.83. The van der Waals surface area contributed by atoms with Gasteiger partial charge in [0.2, 0.25) is 0 Å². The van der Waals surface area contributed by atoms with Crippen molar-refractivity contribution in [3.05, 3.63) is 39.9 Å². The van der Waals surface area contributed by atoms with E-state index in [-0.39, 0.29) is 18.2 Å². The number of pyridine rings is 1. The van der Waals surface area contributed by atoms with E-state index in [1.165, 1.54) is 19.3 Å². The highest BCUT2D eigenvalue weighted by Gasteiger charge is 2.29. The van der Waals surface area contributed by atoms with E-state index in [0.717, 1.165) is 36.0 Å². The molecule has 1 fully saturated rings. The Morgan fingerprint density at radius 3 is 2.69 bits per heavy atom. The zero-order valence-electron chi connectivity index (χ0n) is 20.3. The van der Waals surface area contributed by atoms with Gasteiger partial charge in [0.1, 0.15) is 13.2 Å². The molecule has 10 nitrogen and oxygen atoms in total. The van der Waals surface area contributed by atoms with Crippen molar-refractivity contribution in [3.63, 3.8) is 0 Å². The standard InChI is InChI=1S/C25H34N6O4/c1-2-21(24-27-28-29-31(24)19-7-4-3-5-8-19)30(9-6-10-32)16-18-13-17-14-22-23(35-12-11-34-22)15-20(17)26-25(18)33/h13-15,19,21,32H,2-12,16H2,1H3,(H,26,33)/t21-/m0/s1. The molecule has 0 saturated heterocycles. The number of benzene rings is 1. The van der Waals surface area contributed by atoms with Crippen molar-refractivity contribution >= 4 is 10.9 Å². The molecule has 2 aromatic heterocycles. The number of tetrazole rings is 1. The van der Waals surface area contributed by atoms with Crippen molar-refractivity contribution in [1.82, 2.24) is 30.1 Å². The summed E-state index contributed by atoms with van der Waals surface area (Å²) in [6, 6.07) is 5.93. The molecule has 0 amide bonds. The summed E-state index contributed by atoms with van der Waals surface area (Å²) >= 11 is 0. The number of rotatable bonds is 9. The van der Waals surface area contributed by atoms with Crippen LogP contribution in [-0.4, -0.2) is 61.6 Å². The van der Waals surface area contributed by atoms with Crippen LogP contribution in [0.3, 0.4) is 0 Å². The largest absolute Gasteiger partial charge is 0.486 e. The number of nitrogens with one attached hydrogen (secondary N) is 1. The van der Waals surface area contributed by atoms with Gasteiger partial charge in [0.15, 0.2) is 17.3 Å². The minimum Gasteiger partial charge on any atom is -0.486 e. The molecule has 1 aromatic carbocycles. The summed E-state index contributed by atoms with van der Waals surface area (Å²) < 4.78 is 13.4. The van der Waals surface area contributed by atoms with Gasteiger partial charge in [-0.25, -0.2) is 4.68 Å². The van der Waals surface area contributed by atoms with E-state index in [9.17, 15) is 9.90 Å². The lowest BCUT2D eigenvalue weighted by Gasteiger charge is -2.32. The fourth-order valence-corrected chi connectivity index (χ4v) is 5.35. The Bertz CT molecular complexity index is 1200. The molecular formula is C25H34N6O4. The number of hydrogen-bond donors (Lipinski definition) is 2. The summed E-state index contributed by atoms with van der Waals surface area (Å²) in [6.45, 7) is 4.26. The Balaban J connectivity index is 1.46. The van der Waals surface area contributed by atoms with Crippen molar-refractivity contribution in [2.45, 2.75) is 70.5 Å². The van der Waals surface area contributed by atoms with Crippen LogP contribution < -0.4 is 15.0 Å².